The molecule has 0 radical (unpaired) electrons. The van der Waals surface area contributed by atoms with Gasteiger partial charge in [0.25, 0.3) is 5.56 Å². The maximum absolute atomic E-state index is 12.9. The van der Waals surface area contributed by atoms with Gasteiger partial charge in [0, 0.05) is 6.07 Å². The van der Waals surface area contributed by atoms with E-state index < -0.39 is 0 Å². The van der Waals surface area contributed by atoms with Gasteiger partial charge in [-0.2, -0.15) is 5.26 Å². The highest BCUT2D eigenvalue weighted by atomic mass is 32.2. The molecule has 0 bridgehead atoms. The van der Waals surface area contributed by atoms with Gasteiger partial charge in [-0.15, -0.1) is 11.8 Å². The fraction of sp³-hybridized carbons (Fsp3) is 0.300. The smallest absolute Gasteiger partial charge is 0.267 e. The van der Waals surface area contributed by atoms with E-state index in [1.165, 1.54) is 22.7 Å². The molecule has 0 unspecified atom stereocenters. The van der Waals surface area contributed by atoms with E-state index in [-0.39, 0.29) is 5.56 Å². The van der Waals surface area contributed by atoms with Crippen molar-refractivity contribution in [2.75, 3.05) is 12.9 Å². The molecule has 138 valence electrons. The zero-order valence-electron chi connectivity index (χ0n) is 15.3. The predicted octanol–water partition coefficient (Wildman–Crippen LogP) is 3.94. The molecule has 0 N–H and O–H groups in total. The maximum atomic E-state index is 12.9. The largest absolute Gasteiger partial charge is 0.497 e. The molecule has 0 aliphatic carbocycles. The quantitative estimate of drug-likeness (QED) is 0.456. The Morgan fingerprint density at radius 1 is 1.30 bits per heavy atom. The van der Waals surface area contributed by atoms with Crippen molar-refractivity contribution in [3.8, 4) is 17.5 Å². The third-order valence-corrected chi connectivity index (χ3v) is 5.23. The number of thioether (sulfide) groups is 1. The number of unbranched alkanes of at least 4 members (excludes halogenated alkanes) is 2. The molecule has 0 amide bonds. The van der Waals surface area contributed by atoms with Crippen LogP contribution in [0.3, 0.4) is 0 Å². The summed E-state index contributed by atoms with van der Waals surface area (Å²) in [5.41, 5.74) is 1.15. The van der Waals surface area contributed by atoms with Gasteiger partial charge in [0.15, 0.2) is 5.65 Å². The number of nitrogens with zero attached hydrogens (tertiary/aromatic N) is 4. The Morgan fingerprint density at radius 3 is 2.89 bits per heavy atom. The van der Waals surface area contributed by atoms with Crippen molar-refractivity contribution < 1.29 is 4.74 Å². The monoisotopic (exact) mass is 380 g/mol. The Bertz CT molecular complexity index is 1060. The average Bonchev–Trinajstić information content (AvgIpc) is 2.71. The van der Waals surface area contributed by atoms with Crippen LogP contribution in [0.5, 0.6) is 5.75 Å². The van der Waals surface area contributed by atoms with Crippen LogP contribution in [0, 0.1) is 11.3 Å². The molecule has 1 aromatic carbocycles. The van der Waals surface area contributed by atoms with Crippen molar-refractivity contribution in [1.29, 1.82) is 5.26 Å². The van der Waals surface area contributed by atoms with E-state index in [2.05, 4.69) is 23.0 Å². The molecule has 2 aromatic heterocycles. The number of hydrogen-bond donors (Lipinski definition) is 0. The first-order valence-corrected chi connectivity index (χ1v) is 9.76. The molecular formula is C20H20N4O2S. The first-order chi connectivity index (χ1) is 13.2. The molecule has 0 saturated carbocycles. The van der Waals surface area contributed by atoms with Crippen LogP contribution in [0.25, 0.3) is 16.7 Å². The average molecular weight is 380 g/mol. The van der Waals surface area contributed by atoms with Crippen molar-refractivity contribution >= 4 is 22.8 Å². The number of benzene rings is 1. The molecular weight excluding hydrogens is 360 g/mol. The molecule has 0 fully saturated rings. The van der Waals surface area contributed by atoms with E-state index in [4.69, 9.17) is 4.74 Å². The van der Waals surface area contributed by atoms with Crippen LogP contribution >= 0.6 is 11.8 Å². The lowest BCUT2D eigenvalue weighted by Gasteiger charge is -2.09. The molecule has 7 heteroatoms. The van der Waals surface area contributed by atoms with E-state index in [1.54, 1.807) is 37.4 Å². The maximum Gasteiger partial charge on any atom is 0.267 e. The minimum atomic E-state index is -0.264. The van der Waals surface area contributed by atoms with Crippen molar-refractivity contribution in [1.82, 2.24) is 14.5 Å². The van der Waals surface area contributed by atoms with Gasteiger partial charge < -0.3 is 4.74 Å². The van der Waals surface area contributed by atoms with E-state index in [0.29, 0.717) is 33.1 Å². The van der Waals surface area contributed by atoms with Crippen molar-refractivity contribution in [2.24, 2.45) is 0 Å². The number of fused-ring (bicyclic) bond motifs is 1. The molecule has 0 atom stereocenters. The Hall–Kier alpha value is -2.85. The summed E-state index contributed by atoms with van der Waals surface area (Å²) in [7, 11) is 1.57. The predicted molar refractivity (Wildman–Crippen MR) is 107 cm³/mol. The highest BCUT2D eigenvalue weighted by Crippen LogP contribution is 2.24. The van der Waals surface area contributed by atoms with Gasteiger partial charge in [-0.05, 0) is 30.4 Å². The SMILES string of the molecule is CCCCCSc1nc2ncn(-c3cccc(OC)c3)c(=O)c2cc1C#N. The van der Waals surface area contributed by atoms with Gasteiger partial charge >= 0.3 is 0 Å². The van der Waals surface area contributed by atoms with E-state index in [0.717, 1.165) is 25.0 Å². The Kier molecular flexibility index (Phi) is 6.09. The topological polar surface area (TPSA) is 80.8 Å². The lowest BCUT2D eigenvalue weighted by Crippen LogP contribution is -2.19. The minimum absolute atomic E-state index is 0.264. The number of hydrogen-bond acceptors (Lipinski definition) is 6. The molecule has 0 spiro atoms. The number of rotatable bonds is 7. The molecule has 0 saturated heterocycles. The van der Waals surface area contributed by atoms with Crippen molar-refractivity contribution in [3.63, 3.8) is 0 Å². The summed E-state index contributed by atoms with van der Waals surface area (Å²) in [5.74, 6) is 1.54. The molecule has 3 rings (SSSR count). The van der Waals surface area contributed by atoms with Crippen LogP contribution in [-0.4, -0.2) is 27.4 Å². The molecule has 6 nitrogen and oxygen atoms in total. The van der Waals surface area contributed by atoms with E-state index in [9.17, 15) is 10.1 Å². The zero-order valence-corrected chi connectivity index (χ0v) is 16.1. The van der Waals surface area contributed by atoms with Crippen LogP contribution < -0.4 is 10.3 Å². The van der Waals surface area contributed by atoms with Gasteiger partial charge in [0.1, 0.15) is 23.2 Å². The second-order valence-corrected chi connectivity index (χ2v) is 7.08. The number of ether oxygens (including phenoxy) is 1. The Morgan fingerprint density at radius 2 is 2.15 bits per heavy atom. The summed E-state index contributed by atoms with van der Waals surface area (Å²) in [6.07, 6.45) is 4.81. The Balaban J connectivity index is 2.03. The summed E-state index contributed by atoms with van der Waals surface area (Å²) >= 11 is 1.54. The van der Waals surface area contributed by atoms with Crippen LogP contribution in [-0.2, 0) is 0 Å². The summed E-state index contributed by atoms with van der Waals surface area (Å²) in [5, 5.41) is 10.4. The van der Waals surface area contributed by atoms with Crippen LogP contribution in [0.15, 0.2) is 46.5 Å². The third-order valence-electron chi connectivity index (χ3n) is 4.15. The standard InChI is InChI=1S/C20H20N4O2S/c1-3-4-5-9-27-19-14(12-21)10-17-18(23-19)22-13-24(20(17)25)15-7-6-8-16(11-15)26-2/h6-8,10-11,13H,3-5,9H2,1-2H3. The third kappa shape index (κ3) is 4.12. The minimum Gasteiger partial charge on any atom is -0.497 e. The second-order valence-electron chi connectivity index (χ2n) is 6.00. The van der Waals surface area contributed by atoms with Crippen LogP contribution in [0.4, 0.5) is 0 Å². The Labute approximate surface area is 161 Å². The van der Waals surface area contributed by atoms with Gasteiger partial charge in [-0.3, -0.25) is 9.36 Å². The number of pyridine rings is 1. The van der Waals surface area contributed by atoms with E-state index >= 15 is 0 Å². The summed E-state index contributed by atoms with van der Waals surface area (Å²) in [6.45, 7) is 2.15. The lowest BCUT2D eigenvalue weighted by molar-refractivity contribution is 0.414. The van der Waals surface area contributed by atoms with Crippen molar-refractivity contribution in [2.45, 2.75) is 31.2 Å². The first kappa shape index (κ1) is 18.9. The van der Waals surface area contributed by atoms with E-state index in [1.807, 2.05) is 0 Å². The molecule has 2 heterocycles. The van der Waals surface area contributed by atoms with Gasteiger partial charge in [0.2, 0.25) is 0 Å². The fourth-order valence-electron chi connectivity index (χ4n) is 2.69. The molecule has 27 heavy (non-hydrogen) atoms. The molecule has 0 aliphatic rings. The number of nitriles is 1. The van der Waals surface area contributed by atoms with Gasteiger partial charge in [0.05, 0.1) is 23.7 Å². The number of methoxy groups -OCH3 is 1. The van der Waals surface area contributed by atoms with Crippen molar-refractivity contribution in [3.05, 3.63) is 52.6 Å². The molecule has 3 aromatic rings. The second kappa shape index (κ2) is 8.69. The summed E-state index contributed by atoms with van der Waals surface area (Å²) in [6, 6.07) is 10.9. The highest BCUT2D eigenvalue weighted by Gasteiger charge is 2.13. The lowest BCUT2D eigenvalue weighted by atomic mass is 10.2. The highest BCUT2D eigenvalue weighted by molar-refractivity contribution is 7.99. The van der Waals surface area contributed by atoms with Gasteiger partial charge in [-0.25, -0.2) is 9.97 Å². The molecule has 0 aliphatic heterocycles. The normalized spacial score (nSPS) is 10.7. The summed E-state index contributed by atoms with van der Waals surface area (Å²) < 4.78 is 6.65. The zero-order chi connectivity index (χ0) is 19.2. The van der Waals surface area contributed by atoms with Crippen LogP contribution in [0.2, 0.25) is 0 Å². The fourth-order valence-corrected chi connectivity index (χ4v) is 3.65. The van der Waals surface area contributed by atoms with Gasteiger partial charge in [-0.1, -0.05) is 25.8 Å². The summed E-state index contributed by atoms with van der Waals surface area (Å²) in [4.78, 5) is 21.7. The number of aromatic nitrogens is 3. The van der Waals surface area contributed by atoms with Crippen LogP contribution in [0.1, 0.15) is 31.7 Å². The first-order valence-electron chi connectivity index (χ1n) is 8.77.